The van der Waals surface area contributed by atoms with Crippen molar-refractivity contribution >= 4 is 69.9 Å². The Morgan fingerprint density at radius 1 is 0.857 bits per heavy atom. The van der Waals surface area contributed by atoms with Gasteiger partial charge in [0.15, 0.2) is 27.1 Å². The van der Waals surface area contributed by atoms with E-state index in [1.807, 2.05) is 0 Å². The van der Waals surface area contributed by atoms with Gasteiger partial charge in [0.1, 0.15) is 5.60 Å². The second-order valence-electron chi connectivity index (χ2n) is 5.59. The van der Waals surface area contributed by atoms with E-state index in [4.69, 9.17) is 62.7 Å². The number of aromatic nitrogens is 4. The molecule has 0 aliphatic carbocycles. The number of amides is 1. The molecule has 2 aromatic heterocycles. The summed E-state index contributed by atoms with van der Waals surface area (Å²) in [7, 11) is 0. The minimum Gasteiger partial charge on any atom is -0.443 e. The lowest BCUT2D eigenvalue weighted by atomic mass is 10.2. The Balaban J connectivity index is 0.000000330. The van der Waals surface area contributed by atoms with Crippen LogP contribution >= 0.6 is 58.0 Å². The highest BCUT2D eigenvalue weighted by molar-refractivity contribution is 6.35. The van der Waals surface area contributed by atoms with Crippen molar-refractivity contribution in [3.8, 4) is 0 Å². The standard InChI is InChI=1S/C9H11Cl2FN4O2.C4Cl3FN2/c1-9(2,3)18-8(17)16-15-6-4(12)5(10)13-7(11)14-6;5-2-1(8)3(6)10-4(7)9-2/h1-3H3,(H,16,17)(H,13,14,15);. The van der Waals surface area contributed by atoms with E-state index < -0.39 is 28.5 Å². The predicted molar refractivity (Wildman–Crippen MR) is 102 cm³/mol. The summed E-state index contributed by atoms with van der Waals surface area (Å²) in [6.07, 6.45) is -0.798. The van der Waals surface area contributed by atoms with Crippen LogP contribution in [-0.4, -0.2) is 31.6 Å². The van der Waals surface area contributed by atoms with E-state index in [9.17, 15) is 13.6 Å². The Morgan fingerprint density at radius 2 is 1.29 bits per heavy atom. The van der Waals surface area contributed by atoms with Crippen molar-refractivity contribution in [3.63, 3.8) is 0 Å². The Kier molecular flexibility index (Phi) is 9.09. The van der Waals surface area contributed by atoms with Gasteiger partial charge in [0.25, 0.3) is 0 Å². The highest BCUT2D eigenvalue weighted by atomic mass is 35.5. The van der Waals surface area contributed by atoms with Crippen LogP contribution < -0.4 is 10.9 Å². The van der Waals surface area contributed by atoms with E-state index in [1.165, 1.54) is 0 Å². The average molecular weight is 499 g/mol. The third-order valence-corrected chi connectivity index (χ3v) is 3.30. The van der Waals surface area contributed by atoms with Crippen LogP contribution in [0.5, 0.6) is 0 Å². The SMILES string of the molecule is CC(C)(C)OC(=O)NNc1nc(Cl)nc(Cl)c1F.Fc1c(Cl)nc(Cl)nc1Cl. The quantitative estimate of drug-likeness (QED) is 0.327. The number of anilines is 1. The highest BCUT2D eigenvalue weighted by Gasteiger charge is 2.17. The Hall–Kier alpha value is -1.46. The number of carbonyl (C=O) groups excluding carboxylic acids is 1. The fraction of sp³-hybridized carbons (Fsp3) is 0.308. The largest absolute Gasteiger partial charge is 0.443 e. The number of hydrazine groups is 1. The predicted octanol–water partition coefficient (Wildman–Crippen LogP) is 5.35. The molecule has 8 nitrogen and oxygen atoms in total. The van der Waals surface area contributed by atoms with E-state index in [1.54, 1.807) is 20.8 Å². The molecule has 0 saturated heterocycles. The van der Waals surface area contributed by atoms with Crippen LogP contribution in [0.4, 0.5) is 19.4 Å². The third kappa shape index (κ3) is 8.27. The first kappa shape index (κ1) is 24.6. The van der Waals surface area contributed by atoms with Crippen molar-refractivity contribution in [3.05, 3.63) is 37.7 Å². The number of hydrogen-bond acceptors (Lipinski definition) is 7. The van der Waals surface area contributed by atoms with Crippen molar-refractivity contribution in [2.45, 2.75) is 26.4 Å². The number of halogens is 7. The van der Waals surface area contributed by atoms with Crippen LogP contribution in [0.15, 0.2) is 0 Å². The molecule has 2 N–H and O–H groups in total. The lowest BCUT2D eigenvalue weighted by molar-refractivity contribution is 0.0540. The lowest BCUT2D eigenvalue weighted by Gasteiger charge is -2.19. The van der Waals surface area contributed by atoms with Gasteiger partial charge in [-0.05, 0) is 44.0 Å². The Bertz CT molecular complexity index is 845. The van der Waals surface area contributed by atoms with Gasteiger partial charge in [0.2, 0.25) is 16.4 Å². The van der Waals surface area contributed by atoms with E-state index in [0.717, 1.165) is 0 Å². The molecule has 154 valence electrons. The van der Waals surface area contributed by atoms with Crippen LogP contribution in [0.1, 0.15) is 20.8 Å². The molecule has 2 rings (SSSR count). The zero-order valence-electron chi connectivity index (χ0n) is 14.3. The summed E-state index contributed by atoms with van der Waals surface area (Å²) in [5.74, 6) is -2.14. The van der Waals surface area contributed by atoms with Crippen molar-refractivity contribution in [1.29, 1.82) is 0 Å². The highest BCUT2D eigenvalue weighted by Crippen LogP contribution is 2.21. The van der Waals surface area contributed by atoms with Crippen molar-refractivity contribution < 1.29 is 18.3 Å². The van der Waals surface area contributed by atoms with Gasteiger partial charge >= 0.3 is 6.09 Å². The summed E-state index contributed by atoms with van der Waals surface area (Å²) in [5, 5.41) is -1.62. The zero-order valence-corrected chi connectivity index (χ0v) is 18.0. The third-order valence-electron chi connectivity index (χ3n) is 2.21. The molecule has 15 heteroatoms. The number of nitrogens with zero attached hydrogens (tertiary/aromatic N) is 4. The summed E-state index contributed by atoms with van der Waals surface area (Å²) < 4.78 is 30.8. The maximum absolute atomic E-state index is 13.4. The number of ether oxygens (including phenoxy) is 1. The molecule has 0 bridgehead atoms. The molecule has 0 aromatic carbocycles. The van der Waals surface area contributed by atoms with Crippen molar-refractivity contribution in [2.75, 3.05) is 5.43 Å². The van der Waals surface area contributed by atoms with Gasteiger partial charge in [-0.1, -0.05) is 34.8 Å². The first-order valence-electron chi connectivity index (χ1n) is 6.97. The molecule has 0 atom stereocenters. The van der Waals surface area contributed by atoms with Crippen molar-refractivity contribution in [2.24, 2.45) is 0 Å². The normalized spacial score (nSPS) is 10.6. The summed E-state index contributed by atoms with van der Waals surface area (Å²) in [6, 6.07) is 0. The molecule has 0 saturated carbocycles. The van der Waals surface area contributed by atoms with Crippen molar-refractivity contribution in [1.82, 2.24) is 25.4 Å². The Morgan fingerprint density at radius 3 is 1.75 bits per heavy atom. The maximum atomic E-state index is 13.4. The number of carbonyl (C=O) groups is 1. The summed E-state index contributed by atoms with van der Waals surface area (Å²) in [5.41, 5.74) is 3.61. The maximum Gasteiger partial charge on any atom is 0.426 e. The first-order chi connectivity index (χ1) is 12.8. The fourth-order valence-electron chi connectivity index (χ4n) is 1.26. The van der Waals surface area contributed by atoms with Crippen LogP contribution in [0.25, 0.3) is 0 Å². The van der Waals surface area contributed by atoms with Gasteiger partial charge in [-0.25, -0.2) is 29.6 Å². The van der Waals surface area contributed by atoms with Crippen LogP contribution in [0.2, 0.25) is 26.0 Å². The van der Waals surface area contributed by atoms with Gasteiger partial charge in [-0.2, -0.15) is 9.37 Å². The smallest absolute Gasteiger partial charge is 0.426 e. The first-order valence-corrected chi connectivity index (χ1v) is 8.86. The molecule has 0 aliphatic heterocycles. The van der Waals surface area contributed by atoms with E-state index in [2.05, 4.69) is 30.8 Å². The zero-order chi connectivity index (χ0) is 21.6. The Labute approximate surface area is 182 Å². The van der Waals surface area contributed by atoms with Crippen LogP contribution in [0, 0.1) is 11.6 Å². The second-order valence-corrected chi connectivity index (χ2v) is 7.34. The molecular formula is C13H11Cl5F2N6O2. The fourth-order valence-corrected chi connectivity index (χ4v) is 2.29. The van der Waals surface area contributed by atoms with Gasteiger partial charge in [-0.15, -0.1) is 0 Å². The lowest BCUT2D eigenvalue weighted by Crippen LogP contribution is -2.36. The number of hydrogen-bond donors (Lipinski definition) is 2. The molecule has 2 aromatic rings. The topological polar surface area (TPSA) is 102 Å². The molecule has 0 fully saturated rings. The average Bonchev–Trinajstić information content (AvgIpc) is 2.53. The monoisotopic (exact) mass is 496 g/mol. The van der Waals surface area contributed by atoms with Gasteiger partial charge in [0.05, 0.1) is 0 Å². The molecule has 1 amide bonds. The molecular weight excluding hydrogens is 487 g/mol. The second kappa shape index (κ2) is 10.4. The van der Waals surface area contributed by atoms with Gasteiger partial charge in [0, 0.05) is 0 Å². The molecule has 0 radical (unpaired) electrons. The van der Waals surface area contributed by atoms with Gasteiger partial charge in [-0.3, -0.25) is 5.43 Å². The summed E-state index contributed by atoms with van der Waals surface area (Å²) in [4.78, 5) is 24.8. The van der Waals surface area contributed by atoms with Crippen LogP contribution in [-0.2, 0) is 4.74 Å². The van der Waals surface area contributed by atoms with E-state index in [-0.39, 0.29) is 26.7 Å². The number of nitrogens with one attached hydrogen (secondary N) is 2. The molecule has 0 spiro atoms. The molecule has 0 aliphatic rings. The summed E-state index contributed by atoms with van der Waals surface area (Å²) in [6.45, 7) is 5.06. The van der Waals surface area contributed by atoms with E-state index >= 15 is 0 Å². The van der Waals surface area contributed by atoms with Gasteiger partial charge < -0.3 is 4.74 Å². The minimum absolute atomic E-state index is 0.170. The van der Waals surface area contributed by atoms with Crippen LogP contribution in [0.3, 0.4) is 0 Å². The minimum atomic E-state index is -0.933. The molecule has 28 heavy (non-hydrogen) atoms. The van der Waals surface area contributed by atoms with E-state index in [0.29, 0.717) is 0 Å². The molecule has 0 unspecified atom stereocenters. The number of rotatable bonds is 2. The summed E-state index contributed by atoms with van der Waals surface area (Å²) >= 11 is 26.6. The molecule has 2 heterocycles.